The lowest BCUT2D eigenvalue weighted by Gasteiger charge is -2.40. The van der Waals surface area contributed by atoms with Gasteiger partial charge in [-0.3, -0.25) is 9.89 Å². The van der Waals surface area contributed by atoms with E-state index in [1.807, 2.05) is 7.05 Å². The fraction of sp³-hybridized carbons (Fsp3) is 0.696. The number of guanidine groups is 1. The summed E-state index contributed by atoms with van der Waals surface area (Å²) in [4.78, 5) is 11.7. The summed E-state index contributed by atoms with van der Waals surface area (Å²) >= 11 is 0. The van der Waals surface area contributed by atoms with Crippen LogP contribution in [0.5, 0.6) is 0 Å². The predicted octanol–water partition coefficient (Wildman–Crippen LogP) is 1.50. The predicted molar refractivity (Wildman–Crippen MR) is 126 cm³/mol. The Labute approximate surface area is 183 Å². The highest BCUT2D eigenvalue weighted by atomic mass is 16.5. The van der Waals surface area contributed by atoms with Crippen molar-refractivity contribution in [2.24, 2.45) is 4.99 Å². The number of rotatable bonds is 12. The quantitative estimate of drug-likeness (QED) is 0.305. The number of benzene rings is 1. The number of hydrogen-bond acceptors (Lipinski definition) is 5. The Morgan fingerprint density at radius 3 is 2.63 bits per heavy atom. The molecule has 1 aromatic rings. The molecule has 2 rings (SSSR count). The molecule has 1 saturated heterocycles. The lowest BCUT2D eigenvalue weighted by atomic mass is 10.0. The summed E-state index contributed by atoms with van der Waals surface area (Å²) in [6.07, 6.45) is 2.17. The van der Waals surface area contributed by atoms with Gasteiger partial charge in [0, 0.05) is 79.2 Å². The van der Waals surface area contributed by atoms with Gasteiger partial charge in [-0.05, 0) is 32.5 Å². The highest BCUT2D eigenvalue weighted by Gasteiger charge is 2.25. The van der Waals surface area contributed by atoms with Crippen LogP contribution < -0.4 is 10.6 Å². The fourth-order valence-electron chi connectivity index (χ4n) is 3.88. The first-order chi connectivity index (χ1) is 14.6. The summed E-state index contributed by atoms with van der Waals surface area (Å²) in [7, 11) is 7.96. The molecule has 1 unspecified atom stereocenters. The highest BCUT2D eigenvalue weighted by Crippen LogP contribution is 2.24. The van der Waals surface area contributed by atoms with Crippen molar-refractivity contribution in [1.29, 1.82) is 0 Å². The summed E-state index contributed by atoms with van der Waals surface area (Å²) in [5, 5.41) is 6.88. The largest absolute Gasteiger partial charge is 0.385 e. The molecule has 170 valence electrons. The first-order valence-corrected chi connectivity index (χ1v) is 11.2. The van der Waals surface area contributed by atoms with E-state index in [1.54, 1.807) is 7.11 Å². The van der Waals surface area contributed by atoms with Crippen LogP contribution in [-0.4, -0.2) is 108 Å². The SMILES string of the molecule is CN=C(NCCCN1CCN(C)CC1c1ccccc1)NCCN(C)CCCOC. The van der Waals surface area contributed by atoms with Gasteiger partial charge in [0.2, 0.25) is 0 Å². The van der Waals surface area contributed by atoms with Crippen molar-refractivity contribution < 1.29 is 4.74 Å². The lowest BCUT2D eigenvalue weighted by Crippen LogP contribution is -2.47. The van der Waals surface area contributed by atoms with Crippen LogP contribution in [0.3, 0.4) is 0 Å². The summed E-state index contributed by atoms with van der Waals surface area (Å²) in [6.45, 7) is 9.13. The molecule has 0 aromatic heterocycles. The first kappa shape index (κ1) is 24.6. The van der Waals surface area contributed by atoms with Gasteiger partial charge in [0.1, 0.15) is 0 Å². The van der Waals surface area contributed by atoms with Gasteiger partial charge >= 0.3 is 0 Å². The third kappa shape index (κ3) is 9.00. The molecule has 1 atom stereocenters. The molecule has 30 heavy (non-hydrogen) atoms. The molecule has 0 aliphatic carbocycles. The molecule has 1 heterocycles. The van der Waals surface area contributed by atoms with Crippen molar-refractivity contribution in [2.45, 2.75) is 18.9 Å². The average molecular weight is 419 g/mol. The second-order valence-electron chi connectivity index (χ2n) is 8.15. The van der Waals surface area contributed by atoms with Crippen molar-refractivity contribution >= 4 is 5.96 Å². The minimum atomic E-state index is 0.482. The maximum atomic E-state index is 5.11. The monoisotopic (exact) mass is 418 g/mol. The van der Waals surface area contributed by atoms with Gasteiger partial charge in [0.25, 0.3) is 0 Å². The number of ether oxygens (including phenoxy) is 1. The Kier molecular flexibility index (Phi) is 11.8. The van der Waals surface area contributed by atoms with Gasteiger partial charge in [0.15, 0.2) is 5.96 Å². The van der Waals surface area contributed by atoms with Gasteiger partial charge in [-0.15, -0.1) is 0 Å². The standard InChI is InChI=1S/C23H42N6O/c1-24-23(26-13-16-27(2)14-9-19-30-4)25-12-8-15-29-18-17-28(3)20-22(29)21-10-6-5-7-11-21/h5-7,10-11,22H,8-9,12-20H2,1-4H3,(H2,24,25,26). The molecule has 1 aliphatic heterocycles. The summed E-state index contributed by atoms with van der Waals surface area (Å²) < 4.78 is 5.11. The van der Waals surface area contributed by atoms with E-state index < -0.39 is 0 Å². The molecule has 0 bridgehead atoms. The van der Waals surface area contributed by atoms with Gasteiger partial charge in [-0.2, -0.15) is 0 Å². The molecule has 7 heteroatoms. The summed E-state index contributed by atoms with van der Waals surface area (Å²) in [5.74, 6) is 0.887. The Hall–Kier alpha value is -1.67. The van der Waals surface area contributed by atoms with Gasteiger partial charge in [-0.1, -0.05) is 30.3 Å². The number of likely N-dealkylation sites (N-methyl/N-ethyl adjacent to an activating group) is 2. The Balaban J connectivity index is 1.67. The first-order valence-electron chi connectivity index (χ1n) is 11.2. The smallest absolute Gasteiger partial charge is 0.191 e. The lowest BCUT2D eigenvalue weighted by molar-refractivity contribution is 0.0891. The van der Waals surface area contributed by atoms with E-state index in [0.717, 1.165) is 77.8 Å². The van der Waals surface area contributed by atoms with Gasteiger partial charge in [0.05, 0.1) is 0 Å². The molecule has 0 amide bonds. The number of methoxy groups -OCH3 is 1. The number of piperazine rings is 1. The maximum Gasteiger partial charge on any atom is 0.191 e. The van der Waals surface area contributed by atoms with Crippen LogP contribution in [0.25, 0.3) is 0 Å². The molecule has 1 aliphatic rings. The summed E-state index contributed by atoms with van der Waals surface area (Å²) in [6, 6.07) is 11.4. The zero-order valence-corrected chi connectivity index (χ0v) is 19.4. The molecule has 2 N–H and O–H groups in total. The van der Waals surface area contributed by atoms with Gasteiger partial charge < -0.3 is 25.2 Å². The van der Waals surface area contributed by atoms with Crippen LogP contribution in [-0.2, 0) is 4.74 Å². The van der Waals surface area contributed by atoms with Gasteiger partial charge in [-0.25, -0.2) is 0 Å². The second-order valence-corrected chi connectivity index (χ2v) is 8.15. The van der Waals surface area contributed by atoms with E-state index in [4.69, 9.17) is 4.74 Å². The van der Waals surface area contributed by atoms with Crippen LogP contribution in [0, 0.1) is 0 Å². The van der Waals surface area contributed by atoms with Crippen molar-refractivity contribution in [1.82, 2.24) is 25.3 Å². The van der Waals surface area contributed by atoms with Crippen LogP contribution in [0.1, 0.15) is 24.4 Å². The molecular weight excluding hydrogens is 376 g/mol. The van der Waals surface area contributed by atoms with E-state index in [9.17, 15) is 0 Å². The zero-order valence-electron chi connectivity index (χ0n) is 19.4. The Bertz CT molecular complexity index is 597. The zero-order chi connectivity index (χ0) is 21.6. The Morgan fingerprint density at radius 2 is 1.90 bits per heavy atom. The van der Waals surface area contributed by atoms with E-state index in [1.165, 1.54) is 5.56 Å². The number of nitrogens with one attached hydrogen (secondary N) is 2. The van der Waals surface area contributed by atoms with E-state index >= 15 is 0 Å². The summed E-state index contributed by atoms with van der Waals surface area (Å²) in [5.41, 5.74) is 1.42. The van der Waals surface area contributed by atoms with E-state index in [0.29, 0.717) is 6.04 Å². The second kappa shape index (κ2) is 14.4. The number of nitrogens with zero attached hydrogens (tertiary/aromatic N) is 4. The topological polar surface area (TPSA) is 55.4 Å². The van der Waals surface area contributed by atoms with Crippen LogP contribution in [0.15, 0.2) is 35.3 Å². The third-order valence-electron chi connectivity index (χ3n) is 5.69. The van der Waals surface area contributed by atoms with Crippen molar-refractivity contribution in [3.63, 3.8) is 0 Å². The van der Waals surface area contributed by atoms with Crippen LogP contribution >= 0.6 is 0 Å². The van der Waals surface area contributed by atoms with Crippen molar-refractivity contribution in [2.75, 3.05) is 87.2 Å². The highest BCUT2D eigenvalue weighted by molar-refractivity contribution is 5.79. The molecule has 1 fully saturated rings. The minimum absolute atomic E-state index is 0.482. The molecule has 0 spiro atoms. The maximum absolute atomic E-state index is 5.11. The van der Waals surface area contributed by atoms with E-state index in [2.05, 4.69) is 74.8 Å². The van der Waals surface area contributed by atoms with Crippen molar-refractivity contribution in [3.05, 3.63) is 35.9 Å². The number of aliphatic imine (C=N–C) groups is 1. The molecule has 0 radical (unpaired) electrons. The minimum Gasteiger partial charge on any atom is -0.385 e. The van der Waals surface area contributed by atoms with E-state index in [-0.39, 0.29) is 0 Å². The molecule has 7 nitrogen and oxygen atoms in total. The normalized spacial score (nSPS) is 18.7. The number of hydrogen-bond donors (Lipinski definition) is 2. The Morgan fingerprint density at radius 1 is 1.13 bits per heavy atom. The van der Waals surface area contributed by atoms with Crippen molar-refractivity contribution in [3.8, 4) is 0 Å². The molecular formula is C23H42N6O. The van der Waals surface area contributed by atoms with Crippen LogP contribution in [0.4, 0.5) is 0 Å². The third-order valence-corrected chi connectivity index (χ3v) is 5.69. The average Bonchev–Trinajstić information content (AvgIpc) is 2.77. The fourth-order valence-corrected chi connectivity index (χ4v) is 3.88. The van der Waals surface area contributed by atoms with Crippen LogP contribution in [0.2, 0.25) is 0 Å². The molecule has 1 aromatic carbocycles. The molecule has 0 saturated carbocycles.